The van der Waals surface area contributed by atoms with Gasteiger partial charge in [0, 0.05) is 42.9 Å². The van der Waals surface area contributed by atoms with Crippen LogP contribution in [-0.4, -0.2) is 41.2 Å². The van der Waals surface area contributed by atoms with Crippen LogP contribution in [0.3, 0.4) is 0 Å². The van der Waals surface area contributed by atoms with Crippen molar-refractivity contribution in [1.82, 2.24) is 9.80 Å². The van der Waals surface area contributed by atoms with Gasteiger partial charge in [-0.3, -0.25) is 9.59 Å². The summed E-state index contributed by atoms with van der Waals surface area (Å²) in [7, 11) is 0. The van der Waals surface area contributed by atoms with E-state index >= 15 is 0 Å². The molecule has 0 saturated carbocycles. The fraction of sp³-hybridized carbons (Fsp3) is 0.538. The van der Waals surface area contributed by atoms with E-state index in [0.717, 1.165) is 70.3 Å². The molecule has 3 heterocycles. The van der Waals surface area contributed by atoms with Gasteiger partial charge in [0.2, 0.25) is 5.91 Å². The van der Waals surface area contributed by atoms with E-state index in [2.05, 4.69) is 34.5 Å². The van der Waals surface area contributed by atoms with Crippen LogP contribution >= 0.6 is 11.3 Å². The van der Waals surface area contributed by atoms with Gasteiger partial charge in [-0.2, -0.15) is 0 Å². The summed E-state index contributed by atoms with van der Waals surface area (Å²) in [6.45, 7) is 3.26. The van der Waals surface area contributed by atoms with Crippen LogP contribution in [0.25, 0.3) is 0 Å². The number of hydrogen-bond acceptors (Lipinski definition) is 3. The molecule has 0 N–H and O–H groups in total. The second kappa shape index (κ2) is 9.15. The van der Waals surface area contributed by atoms with Crippen LogP contribution in [0.2, 0.25) is 0 Å². The van der Waals surface area contributed by atoms with E-state index in [1.807, 2.05) is 4.90 Å². The molecule has 0 atom stereocenters. The summed E-state index contributed by atoms with van der Waals surface area (Å²) in [6, 6.07) is 8.47. The first-order valence-electron chi connectivity index (χ1n) is 11.9. The molecule has 0 bridgehead atoms. The first kappa shape index (κ1) is 20.7. The lowest BCUT2D eigenvalue weighted by Gasteiger charge is -2.33. The molecule has 0 radical (unpaired) electrons. The maximum Gasteiger partial charge on any atom is 0.254 e. The number of nitrogens with zero attached hydrogens (tertiary/aromatic N) is 2. The maximum absolute atomic E-state index is 13.1. The van der Waals surface area contributed by atoms with E-state index in [1.54, 1.807) is 11.3 Å². The lowest BCUT2D eigenvalue weighted by Crippen LogP contribution is -2.39. The molecule has 4 nitrogen and oxygen atoms in total. The number of amides is 2. The van der Waals surface area contributed by atoms with E-state index in [1.165, 1.54) is 34.4 Å². The summed E-state index contributed by atoms with van der Waals surface area (Å²) in [5, 5.41) is 2.10. The molecule has 164 valence electrons. The van der Waals surface area contributed by atoms with E-state index in [4.69, 9.17) is 0 Å². The molecule has 0 unspecified atom stereocenters. The molecule has 31 heavy (non-hydrogen) atoms. The van der Waals surface area contributed by atoms with Crippen LogP contribution in [0, 0.1) is 5.92 Å². The Morgan fingerprint density at radius 3 is 2.55 bits per heavy atom. The van der Waals surface area contributed by atoms with Crippen molar-refractivity contribution in [2.75, 3.05) is 19.6 Å². The summed E-state index contributed by atoms with van der Waals surface area (Å²) in [5.41, 5.74) is 4.98. The third-order valence-electron chi connectivity index (χ3n) is 7.44. The highest BCUT2D eigenvalue weighted by Crippen LogP contribution is 2.32. The molecular formula is C26H32N2O2S. The van der Waals surface area contributed by atoms with Gasteiger partial charge in [-0.25, -0.2) is 0 Å². The summed E-state index contributed by atoms with van der Waals surface area (Å²) in [4.78, 5) is 31.4. The third kappa shape index (κ3) is 4.43. The number of fused-ring (bicyclic) bond motifs is 2. The Balaban J connectivity index is 1.09. The second-order valence-corrected chi connectivity index (χ2v) is 10.3. The largest absolute Gasteiger partial charge is 0.339 e. The molecule has 5 rings (SSSR count). The normalized spacial score (nSPS) is 19.1. The minimum Gasteiger partial charge on any atom is -0.339 e. The fourth-order valence-corrected chi connectivity index (χ4v) is 6.58. The van der Waals surface area contributed by atoms with Gasteiger partial charge in [0.15, 0.2) is 0 Å². The molecule has 1 saturated heterocycles. The number of carbonyl (C=O) groups excluding carboxylic acids is 2. The monoisotopic (exact) mass is 436 g/mol. The number of hydrogen-bond donors (Lipinski definition) is 0. The van der Waals surface area contributed by atoms with Gasteiger partial charge in [-0.15, -0.1) is 11.3 Å². The van der Waals surface area contributed by atoms with E-state index in [-0.39, 0.29) is 11.8 Å². The van der Waals surface area contributed by atoms with Crippen LogP contribution in [0.1, 0.15) is 70.5 Å². The molecule has 1 aliphatic carbocycles. The summed E-state index contributed by atoms with van der Waals surface area (Å²) >= 11 is 1.78. The Labute approximate surface area is 189 Å². The van der Waals surface area contributed by atoms with Crippen molar-refractivity contribution in [1.29, 1.82) is 0 Å². The molecule has 2 aliphatic heterocycles. The minimum absolute atomic E-state index is 0.237. The van der Waals surface area contributed by atoms with Crippen LogP contribution in [0.5, 0.6) is 0 Å². The number of thiophene rings is 1. The van der Waals surface area contributed by atoms with Crippen molar-refractivity contribution in [3.8, 4) is 0 Å². The lowest BCUT2D eigenvalue weighted by molar-refractivity contribution is -0.132. The standard InChI is InChI=1S/C26H32N2O2S/c29-25(28-16-13-20-5-1-2-6-21(20)17-28)10-9-19-11-14-27(15-12-19)26(30)23-18-31-24-8-4-3-7-22(23)24/h1-2,5-6,18-19H,3-4,7-17H2. The Bertz CT molecular complexity index is 958. The molecule has 0 spiro atoms. The highest BCUT2D eigenvalue weighted by atomic mass is 32.1. The average Bonchev–Trinajstić information content (AvgIpc) is 3.26. The molecular weight excluding hydrogens is 404 g/mol. The van der Waals surface area contributed by atoms with E-state index in [0.29, 0.717) is 12.3 Å². The minimum atomic E-state index is 0.237. The van der Waals surface area contributed by atoms with Crippen LogP contribution in [-0.2, 0) is 30.6 Å². The average molecular weight is 437 g/mol. The Kier molecular flexibility index (Phi) is 6.13. The number of aryl methyl sites for hydroxylation is 1. The topological polar surface area (TPSA) is 40.6 Å². The summed E-state index contributed by atoms with van der Waals surface area (Å²) in [6.07, 6.45) is 9.28. The molecule has 3 aliphatic rings. The van der Waals surface area contributed by atoms with Gasteiger partial charge >= 0.3 is 0 Å². The van der Waals surface area contributed by atoms with Crippen molar-refractivity contribution in [2.45, 2.75) is 64.3 Å². The first-order chi connectivity index (χ1) is 15.2. The molecule has 1 aromatic heterocycles. The smallest absolute Gasteiger partial charge is 0.254 e. The number of piperidine rings is 1. The van der Waals surface area contributed by atoms with Gasteiger partial charge in [-0.05, 0) is 74.0 Å². The van der Waals surface area contributed by atoms with Gasteiger partial charge in [0.25, 0.3) is 5.91 Å². The number of likely N-dealkylation sites (tertiary alicyclic amines) is 1. The summed E-state index contributed by atoms with van der Waals surface area (Å²) < 4.78 is 0. The lowest BCUT2D eigenvalue weighted by atomic mass is 9.90. The van der Waals surface area contributed by atoms with Crippen molar-refractivity contribution in [3.05, 3.63) is 56.8 Å². The predicted molar refractivity (Wildman–Crippen MR) is 124 cm³/mol. The highest BCUT2D eigenvalue weighted by Gasteiger charge is 2.28. The second-order valence-electron chi connectivity index (χ2n) is 9.37. The van der Waals surface area contributed by atoms with Gasteiger partial charge in [0.1, 0.15) is 0 Å². The fourth-order valence-electron chi connectivity index (χ4n) is 5.46. The summed E-state index contributed by atoms with van der Waals surface area (Å²) in [5.74, 6) is 1.08. The zero-order valence-electron chi connectivity index (χ0n) is 18.3. The highest BCUT2D eigenvalue weighted by molar-refractivity contribution is 7.10. The quantitative estimate of drug-likeness (QED) is 0.688. The van der Waals surface area contributed by atoms with Crippen molar-refractivity contribution in [2.24, 2.45) is 5.92 Å². The van der Waals surface area contributed by atoms with Gasteiger partial charge in [0.05, 0.1) is 5.56 Å². The Morgan fingerprint density at radius 1 is 0.935 bits per heavy atom. The van der Waals surface area contributed by atoms with Crippen molar-refractivity contribution in [3.63, 3.8) is 0 Å². The third-order valence-corrected chi connectivity index (χ3v) is 8.53. The van der Waals surface area contributed by atoms with Gasteiger partial charge in [-0.1, -0.05) is 24.3 Å². The Morgan fingerprint density at radius 2 is 1.71 bits per heavy atom. The van der Waals surface area contributed by atoms with Crippen LogP contribution < -0.4 is 0 Å². The SMILES string of the molecule is O=C(CCC1CCN(C(=O)c2csc3c2CCCC3)CC1)N1CCc2ccccc2C1. The zero-order valence-corrected chi connectivity index (χ0v) is 19.1. The van der Waals surface area contributed by atoms with E-state index in [9.17, 15) is 9.59 Å². The maximum atomic E-state index is 13.1. The van der Waals surface area contributed by atoms with Crippen molar-refractivity contribution >= 4 is 23.2 Å². The Hall–Kier alpha value is -2.14. The van der Waals surface area contributed by atoms with Crippen LogP contribution in [0.15, 0.2) is 29.6 Å². The number of carbonyl (C=O) groups is 2. The molecule has 1 fully saturated rings. The molecule has 1 aromatic carbocycles. The number of rotatable bonds is 4. The first-order valence-corrected chi connectivity index (χ1v) is 12.8. The molecule has 2 aromatic rings. The molecule has 2 amide bonds. The van der Waals surface area contributed by atoms with Gasteiger partial charge < -0.3 is 9.80 Å². The predicted octanol–water partition coefficient (Wildman–Crippen LogP) is 4.84. The van der Waals surface area contributed by atoms with Crippen molar-refractivity contribution < 1.29 is 9.59 Å². The zero-order chi connectivity index (χ0) is 21.2. The molecule has 5 heteroatoms. The van der Waals surface area contributed by atoms with E-state index < -0.39 is 0 Å². The van der Waals surface area contributed by atoms with Crippen LogP contribution in [0.4, 0.5) is 0 Å². The number of benzene rings is 1.